The maximum absolute atomic E-state index is 13.0. The van der Waals surface area contributed by atoms with Crippen molar-refractivity contribution in [2.75, 3.05) is 0 Å². The van der Waals surface area contributed by atoms with Gasteiger partial charge in [-0.15, -0.1) is 0 Å². The Morgan fingerprint density at radius 2 is 2.00 bits per heavy atom. The predicted octanol–water partition coefficient (Wildman–Crippen LogP) is 2.73. The smallest absolute Gasteiger partial charge is 0.418 e. The number of fused-ring (bicyclic) bond motifs is 1. The minimum atomic E-state index is -4.78. The van der Waals surface area contributed by atoms with Crippen molar-refractivity contribution < 1.29 is 23.1 Å². The number of carboxylic acids is 1. The lowest BCUT2D eigenvalue weighted by atomic mass is 10.1. The lowest BCUT2D eigenvalue weighted by molar-refractivity contribution is -0.136. The predicted molar refractivity (Wildman–Crippen MR) is 59.9 cm³/mol. The van der Waals surface area contributed by atoms with Crippen LogP contribution in [0.25, 0.3) is 11.0 Å². The molecule has 8 heteroatoms. The minimum absolute atomic E-state index is 0.0207. The highest BCUT2D eigenvalue weighted by atomic mass is 19.4. The Kier molecular flexibility index (Phi) is 2.95. The van der Waals surface area contributed by atoms with Crippen molar-refractivity contribution in [3.63, 3.8) is 0 Å². The molecular formula is C11H10F3N3O2. The Morgan fingerprint density at radius 3 is 2.47 bits per heavy atom. The number of carbonyl (C=O) groups is 1. The normalized spacial score (nSPS) is 12.3. The first kappa shape index (κ1) is 13.3. The molecule has 0 amide bonds. The van der Waals surface area contributed by atoms with Crippen molar-refractivity contribution in [3.05, 3.63) is 23.5 Å². The van der Waals surface area contributed by atoms with Crippen molar-refractivity contribution >= 4 is 17.0 Å². The first-order chi connectivity index (χ1) is 8.73. The Morgan fingerprint density at radius 1 is 1.37 bits per heavy atom. The molecule has 0 aromatic carbocycles. The van der Waals surface area contributed by atoms with E-state index >= 15 is 0 Å². The summed E-state index contributed by atoms with van der Waals surface area (Å²) in [7, 11) is 0. The van der Waals surface area contributed by atoms with Crippen LogP contribution in [0.4, 0.5) is 13.2 Å². The van der Waals surface area contributed by atoms with Gasteiger partial charge in [0.1, 0.15) is 0 Å². The van der Waals surface area contributed by atoms with E-state index in [0.29, 0.717) is 6.20 Å². The molecule has 19 heavy (non-hydrogen) atoms. The van der Waals surface area contributed by atoms with Gasteiger partial charge < -0.3 is 5.11 Å². The van der Waals surface area contributed by atoms with Crippen LogP contribution >= 0.6 is 0 Å². The van der Waals surface area contributed by atoms with Gasteiger partial charge in [0.05, 0.1) is 22.7 Å². The fraction of sp³-hybridized carbons (Fsp3) is 0.364. The molecule has 0 fully saturated rings. The standard InChI is InChI=1S/C11H10F3N3O2/c1-5(2)17-9-6(4-16-17)8(11(12,13)14)7(3-15-9)10(18)19/h3-5H,1-2H3,(H,18,19). The molecule has 0 atom stereocenters. The van der Waals surface area contributed by atoms with Gasteiger partial charge in [0.2, 0.25) is 0 Å². The number of alkyl halides is 3. The van der Waals surface area contributed by atoms with Gasteiger partial charge in [-0.25, -0.2) is 14.5 Å². The number of aromatic nitrogens is 3. The molecule has 2 aromatic heterocycles. The van der Waals surface area contributed by atoms with Gasteiger partial charge in [0.25, 0.3) is 0 Å². The quantitative estimate of drug-likeness (QED) is 0.913. The summed E-state index contributed by atoms with van der Waals surface area (Å²) in [5.74, 6) is -1.67. The molecule has 0 saturated heterocycles. The highest BCUT2D eigenvalue weighted by Crippen LogP contribution is 2.37. The van der Waals surface area contributed by atoms with E-state index in [9.17, 15) is 18.0 Å². The zero-order valence-corrected chi connectivity index (χ0v) is 10.1. The van der Waals surface area contributed by atoms with Gasteiger partial charge in [-0.3, -0.25) is 0 Å². The average Bonchev–Trinajstić information content (AvgIpc) is 2.69. The fourth-order valence-electron chi connectivity index (χ4n) is 1.84. The summed E-state index contributed by atoms with van der Waals surface area (Å²) >= 11 is 0. The third-order valence-electron chi connectivity index (χ3n) is 2.63. The second-order valence-electron chi connectivity index (χ2n) is 4.27. The molecule has 0 radical (unpaired) electrons. The first-order valence-corrected chi connectivity index (χ1v) is 5.40. The van der Waals surface area contributed by atoms with E-state index in [-0.39, 0.29) is 17.1 Å². The lowest BCUT2D eigenvalue weighted by Gasteiger charge is -2.12. The van der Waals surface area contributed by atoms with Gasteiger partial charge in [-0.2, -0.15) is 18.3 Å². The number of carboxylic acid groups (broad SMARTS) is 1. The topological polar surface area (TPSA) is 68.0 Å². The maximum Gasteiger partial charge on any atom is 0.418 e. The monoisotopic (exact) mass is 273 g/mol. The average molecular weight is 273 g/mol. The van der Waals surface area contributed by atoms with Crippen molar-refractivity contribution in [1.82, 2.24) is 14.8 Å². The zero-order valence-electron chi connectivity index (χ0n) is 10.1. The van der Waals surface area contributed by atoms with Gasteiger partial charge >= 0.3 is 12.1 Å². The molecule has 0 bridgehead atoms. The number of aromatic carboxylic acids is 1. The van der Waals surface area contributed by atoms with Gasteiger partial charge in [0.15, 0.2) is 5.65 Å². The van der Waals surface area contributed by atoms with Crippen LogP contribution < -0.4 is 0 Å². The van der Waals surface area contributed by atoms with Crippen LogP contribution in [0.15, 0.2) is 12.4 Å². The summed E-state index contributed by atoms with van der Waals surface area (Å²) in [6.07, 6.45) is -3.06. The molecule has 2 aromatic rings. The third kappa shape index (κ3) is 2.13. The Bertz CT molecular complexity index is 646. The van der Waals surface area contributed by atoms with Gasteiger partial charge in [-0.1, -0.05) is 0 Å². The lowest BCUT2D eigenvalue weighted by Crippen LogP contribution is -2.14. The summed E-state index contributed by atoms with van der Waals surface area (Å²) in [5.41, 5.74) is -2.06. The molecule has 0 aliphatic heterocycles. The van der Waals surface area contributed by atoms with Crippen LogP contribution in [-0.2, 0) is 6.18 Å². The summed E-state index contributed by atoms with van der Waals surface area (Å²) in [5, 5.41) is 12.4. The van der Waals surface area contributed by atoms with E-state index in [0.717, 1.165) is 6.20 Å². The van der Waals surface area contributed by atoms with E-state index in [4.69, 9.17) is 5.11 Å². The van der Waals surface area contributed by atoms with E-state index in [1.54, 1.807) is 13.8 Å². The van der Waals surface area contributed by atoms with Gasteiger partial charge in [-0.05, 0) is 13.8 Å². The fourth-order valence-corrected chi connectivity index (χ4v) is 1.84. The van der Waals surface area contributed by atoms with Crippen molar-refractivity contribution in [1.29, 1.82) is 0 Å². The molecule has 0 aliphatic carbocycles. The molecule has 1 N–H and O–H groups in total. The van der Waals surface area contributed by atoms with Crippen LogP contribution in [0.5, 0.6) is 0 Å². The van der Waals surface area contributed by atoms with Crippen LogP contribution in [0, 0.1) is 0 Å². The minimum Gasteiger partial charge on any atom is -0.478 e. The van der Waals surface area contributed by atoms with Crippen molar-refractivity contribution in [3.8, 4) is 0 Å². The maximum atomic E-state index is 13.0. The van der Waals surface area contributed by atoms with E-state index < -0.39 is 23.3 Å². The zero-order chi connectivity index (χ0) is 14.4. The summed E-state index contributed by atoms with van der Waals surface area (Å²) in [6.45, 7) is 3.49. The molecule has 2 rings (SSSR count). The Hall–Kier alpha value is -2.12. The van der Waals surface area contributed by atoms with Crippen molar-refractivity contribution in [2.24, 2.45) is 0 Å². The number of pyridine rings is 1. The van der Waals surface area contributed by atoms with Crippen molar-refractivity contribution in [2.45, 2.75) is 26.1 Å². The molecule has 102 valence electrons. The van der Waals surface area contributed by atoms with E-state index in [1.807, 2.05) is 0 Å². The summed E-state index contributed by atoms with van der Waals surface area (Å²) in [6, 6.07) is -0.179. The molecule has 0 saturated carbocycles. The molecule has 0 aliphatic rings. The van der Waals surface area contributed by atoms with E-state index in [1.165, 1.54) is 4.68 Å². The van der Waals surface area contributed by atoms with Crippen LogP contribution in [0.1, 0.15) is 35.8 Å². The molecule has 0 unspecified atom stereocenters. The summed E-state index contributed by atoms with van der Waals surface area (Å²) in [4.78, 5) is 14.7. The Labute approximate surface area is 105 Å². The van der Waals surface area contributed by atoms with E-state index in [2.05, 4.69) is 10.1 Å². The number of halogens is 3. The number of nitrogens with zero attached hydrogens (tertiary/aromatic N) is 3. The number of hydrogen-bond donors (Lipinski definition) is 1. The van der Waals surface area contributed by atoms with Gasteiger partial charge in [0, 0.05) is 12.2 Å². The first-order valence-electron chi connectivity index (χ1n) is 5.40. The molecule has 5 nitrogen and oxygen atoms in total. The third-order valence-corrected chi connectivity index (χ3v) is 2.63. The molecular weight excluding hydrogens is 263 g/mol. The van der Waals surface area contributed by atoms with Crippen LogP contribution in [0.3, 0.4) is 0 Å². The second kappa shape index (κ2) is 4.22. The van der Waals surface area contributed by atoms with Crippen LogP contribution in [-0.4, -0.2) is 25.8 Å². The highest BCUT2D eigenvalue weighted by molar-refractivity contribution is 5.95. The number of rotatable bonds is 2. The molecule has 2 heterocycles. The summed E-state index contributed by atoms with van der Waals surface area (Å²) < 4.78 is 40.4. The highest BCUT2D eigenvalue weighted by Gasteiger charge is 2.38. The molecule has 0 spiro atoms. The SMILES string of the molecule is CC(C)n1ncc2c(C(F)(F)F)c(C(=O)O)cnc21. The largest absolute Gasteiger partial charge is 0.478 e. The Balaban J connectivity index is 2.86. The van der Waals surface area contributed by atoms with Crippen LogP contribution in [0.2, 0.25) is 0 Å². The second-order valence-corrected chi connectivity index (χ2v) is 4.27. The number of hydrogen-bond acceptors (Lipinski definition) is 3.